The van der Waals surface area contributed by atoms with Crippen LogP contribution >= 0.6 is 11.8 Å². The largest absolute Gasteiger partial charge is 0.312 e. The monoisotopic (exact) mass is 249 g/mol. The van der Waals surface area contributed by atoms with E-state index in [4.69, 9.17) is 0 Å². The molecule has 1 aliphatic rings. The third kappa shape index (κ3) is 3.05. The Balaban J connectivity index is 2.12. The highest BCUT2D eigenvalue weighted by Gasteiger charge is 2.28. The van der Waals surface area contributed by atoms with Crippen molar-refractivity contribution in [2.24, 2.45) is 5.92 Å². The molecule has 0 heterocycles. The van der Waals surface area contributed by atoms with Gasteiger partial charge in [-0.3, -0.25) is 0 Å². The van der Waals surface area contributed by atoms with E-state index in [1.807, 2.05) is 0 Å². The average Bonchev–Trinajstić information content (AvgIpc) is 2.35. The molecule has 1 N–H and O–H groups in total. The lowest BCUT2D eigenvalue weighted by atomic mass is 9.87. The zero-order chi connectivity index (χ0) is 12.3. The van der Waals surface area contributed by atoms with Crippen molar-refractivity contribution in [3.05, 3.63) is 35.4 Å². The molecule has 17 heavy (non-hydrogen) atoms. The average molecular weight is 249 g/mol. The topological polar surface area (TPSA) is 12.0 Å². The van der Waals surface area contributed by atoms with Crippen LogP contribution in [0.2, 0.25) is 0 Å². The number of rotatable bonds is 4. The molecule has 1 aromatic rings. The smallest absolute Gasteiger partial charge is 0.0441 e. The summed E-state index contributed by atoms with van der Waals surface area (Å²) in [6, 6.07) is 9.43. The van der Waals surface area contributed by atoms with Crippen molar-refractivity contribution in [3.63, 3.8) is 0 Å². The molecule has 0 aliphatic heterocycles. The predicted molar refractivity (Wildman–Crippen MR) is 77.6 cm³/mol. The van der Waals surface area contributed by atoms with E-state index < -0.39 is 0 Å². The van der Waals surface area contributed by atoms with Gasteiger partial charge in [0.15, 0.2) is 0 Å². The summed E-state index contributed by atoms with van der Waals surface area (Å²) in [6.07, 6.45) is 2.55. The molecule has 2 rings (SSSR count). The van der Waals surface area contributed by atoms with Crippen molar-refractivity contribution >= 4 is 11.8 Å². The fraction of sp³-hybridized carbons (Fsp3) is 0.600. The predicted octanol–water partition coefficient (Wildman–Crippen LogP) is 3.65. The Kier molecular flexibility index (Phi) is 4.52. The molecule has 0 radical (unpaired) electrons. The van der Waals surface area contributed by atoms with Crippen LogP contribution in [0.25, 0.3) is 0 Å². The first-order valence-electron chi connectivity index (χ1n) is 6.59. The lowest BCUT2D eigenvalue weighted by molar-refractivity contribution is 0.509. The number of hydrogen-bond acceptors (Lipinski definition) is 2. The molecule has 0 fully saturated rings. The lowest BCUT2D eigenvalue weighted by Gasteiger charge is -2.33. The van der Waals surface area contributed by atoms with Gasteiger partial charge in [-0.1, -0.05) is 38.1 Å². The van der Waals surface area contributed by atoms with Crippen LogP contribution in [-0.2, 0) is 6.42 Å². The first-order chi connectivity index (χ1) is 8.22. The van der Waals surface area contributed by atoms with E-state index in [1.165, 1.54) is 29.7 Å². The Morgan fingerprint density at radius 3 is 2.82 bits per heavy atom. The Morgan fingerprint density at radius 2 is 2.12 bits per heavy atom. The third-order valence-electron chi connectivity index (χ3n) is 3.41. The van der Waals surface area contributed by atoms with Crippen molar-refractivity contribution in [1.29, 1.82) is 0 Å². The molecule has 0 spiro atoms. The van der Waals surface area contributed by atoms with E-state index in [-0.39, 0.29) is 0 Å². The molecule has 94 valence electrons. The molecule has 0 bridgehead atoms. The molecule has 0 saturated heterocycles. The van der Waals surface area contributed by atoms with Crippen molar-refractivity contribution in [2.45, 2.75) is 38.0 Å². The number of thioether (sulfide) groups is 1. The van der Waals surface area contributed by atoms with Crippen LogP contribution in [-0.4, -0.2) is 18.1 Å². The second-order valence-electron chi connectivity index (χ2n) is 5.27. The molecular formula is C15H23NS. The minimum atomic E-state index is 0.531. The summed E-state index contributed by atoms with van der Waals surface area (Å²) in [5, 5.41) is 4.25. The third-order valence-corrected chi connectivity index (χ3v) is 5.21. The summed E-state index contributed by atoms with van der Waals surface area (Å²) in [7, 11) is 2.09. The van der Waals surface area contributed by atoms with Crippen molar-refractivity contribution in [2.75, 3.05) is 12.8 Å². The molecular weight excluding hydrogens is 226 g/mol. The number of hydrogen-bond donors (Lipinski definition) is 1. The fourth-order valence-electron chi connectivity index (χ4n) is 2.57. The SMILES string of the molecule is CNC1c2ccccc2CCC1SCC(C)C. The van der Waals surface area contributed by atoms with Gasteiger partial charge in [0.1, 0.15) is 0 Å². The Morgan fingerprint density at radius 1 is 1.35 bits per heavy atom. The van der Waals surface area contributed by atoms with E-state index in [0.717, 1.165) is 11.2 Å². The lowest BCUT2D eigenvalue weighted by Crippen LogP contribution is -2.32. The van der Waals surface area contributed by atoms with Gasteiger partial charge in [0.05, 0.1) is 0 Å². The summed E-state index contributed by atoms with van der Waals surface area (Å²) in [4.78, 5) is 0. The maximum Gasteiger partial charge on any atom is 0.0441 e. The van der Waals surface area contributed by atoms with E-state index in [2.05, 4.69) is 62.2 Å². The van der Waals surface area contributed by atoms with Gasteiger partial charge in [-0.15, -0.1) is 0 Å². The van der Waals surface area contributed by atoms with Crippen molar-refractivity contribution in [3.8, 4) is 0 Å². The quantitative estimate of drug-likeness (QED) is 0.874. The highest BCUT2D eigenvalue weighted by molar-refractivity contribution is 7.99. The molecule has 0 amide bonds. The second-order valence-corrected chi connectivity index (χ2v) is 6.54. The minimum absolute atomic E-state index is 0.531. The van der Waals surface area contributed by atoms with Crippen LogP contribution in [0.1, 0.15) is 37.4 Å². The minimum Gasteiger partial charge on any atom is -0.312 e. The molecule has 1 aliphatic carbocycles. The van der Waals surface area contributed by atoms with E-state index >= 15 is 0 Å². The Labute approximate surface area is 109 Å². The van der Waals surface area contributed by atoms with Crippen LogP contribution in [0.4, 0.5) is 0 Å². The van der Waals surface area contributed by atoms with Crippen LogP contribution in [0.5, 0.6) is 0 Å². The normalized spacial score (nSPS) is 23.8. The molecule has 0 aromatic heterocycles. The second kappa shape index (κ2) is 5.92. The van der Waals surface area contributed by atoms with Gasteiger partial charge in [-0.2, -0.15) is 11.8 Å². The summed E-state index contributed by atoms with van der Waals surface area (Å²) >= 11 is 2.14. The van der Waals surface area contributed by atoms with Crippen LogP contribution in [0.3, 0.4) is 0 Å². The summed E-state index contributed by atoms with van der Waals surface area (Å²) in [6.45, 7) is 4.61. The van der Waals surface area contributed by atoms with Crippen molar-refractivity contribution in [1.82, 2.24) is 5.32 Å². The first kappa shape index (κ1) is 13.0. The number of aryl methyl sites for hydroxylation is 1. The fourth-order valence-corrected chi connectivity index (χ4v) is 3.96. The number of fused-ring (bicyclic) bond motifs is 1. The molecule has 0 saturated carbocycles. The highest BCUT2D eigenvalue weighted by Crippen LogP contribution is 2.37. The van der Waals surface area contributed by atoms with Gasteiger partial charge >= 0.3 is 0 Å². The zero-order valence-corrected chi connectivity index (χ0v) is 11.9. The Hall–Kier alpha value is -0.470. The van der Waals surface area contributed by atoms with Crippen LogP contribution < -0.4 is 5.32 Å². The van der Waals surface area contributed by atoms with Gasteiger partial charge in [-0.05, 0) is 42.7 Å². The van der Waals surface area contributed by atoms with E-state index in [1.54, 1.807) is 0 Å². The molecule has 2 heteroatoms. The van der Waals surface area contributed by atoms with Crippen LogP contribution in [0, 0.1) is 5.92 Å². The van der Waals surface area contributed by atoms with E-state index in [0.29, 0.717) is 6.04 Å². The maximum atomic E-state index is 3.51. The summed E-state index contributed by atoms with van der Waals surface area (Å²) < 4.78 is 0. The first-order valence-corrected chi connectivity index (χ1v) is 7.64. The van der Waals surface area contributed by atoms with Gasteiger partial charge < -0.3 is 5.32 Å². The van der Waals surface area contributed by atoms with Gasteiger partial charge in [-0.25, -0.2) is 0 Å². The van der Waals surface area contributed by atoms with Gasteiger partial charge in [0.2, 0.25) is 0 Å². The van der Waals surface area contributed by atoms with Gasteiger partial charge in [0, 0.05) is 11.3 Å². The molecule has 1 aromatic carbocycles. The van der Waals surface area contributed by atoms with Crippen LogP contribution in [0.15, 0.2) is 24.3 Å². The number of benzene rings is 1. The zero-order valence-electron chi connectivity index (χ0n) is 11.1. The van der Waals surface area contributed by atoms with E-state index in [9.17, 15) is 0 Å². The standard InChI is InChI=1S/C15H23NS/c1-11(2)10-17-14-9-8-12-6-4-5-7-13(12)15(14)16-3/h4-7,11,14-16H,8-10H2,1-3H3. The van der Waals surface area contributed by atoms with Crippen molar-refractivity contribution < 1.29 is 0 Å². The van der Waals surface area contributed by atoms with Gasteiger partial charge in [0.25, 0.3) is 0 Å². The maximum absolute atomic E-state index is 3.51. The summed E-state index contributed by atoms with van der Waals surface area (Å²) in [5.41, 5.74) is 3.05. The highest BCUT2D eigenvalue weighted by atomic mass is 32.2. The Bertz CT molecular complexity index is 362. The molecule has 2 unspecified atom stereocenters. The summed E-state index contributed by atoms with van der Waals surface area (Å²) in [5.74, 6) is 2.06. The number of nitrogens with one attached hydrogen (secondary N) is 1. The molecule has 1 nitrogen and oxygen atoms in total. The molecule has 2 atom stereocenters.